The summed E-state index contributed by atoms with van der Waals surface area (Å²) in [5.41, 5.74) is -1.09. The maximum atomic E-state index is 12.3. The van der Waals surface area contributed by atoms with Crippen molar-refractivity contribution in [2.45, 2.75) is 37.9 Å². The first-order valence-electron chi connectivity index (χ1n) is 6.87. The lowest BCUT2D eigenvalue weighted by molar-refractivity contribution is -0.145. The molecule has 19 heavy (non-hydrogen) atoms. The van der Waals surface area contributed by atoms with E-state index < -0.39 is 5.60 Å². The minimum atomic E-state index is -1.09. The van der Waals surface area contributed by atoms with Crippen molar-refractivity contribution in [2.24, 2.45) is 11.8 Å². The quantitative estimate of drug-likeness (QED) is 0.582. The van der Waals surface area contributed by atoms with Crippen molar-refractivity contribution >= 4 is 11.8 Å². The molecule has 3 aliphatic rings. The van der Waals surface area contributed by atoms with Gasteiger partial charge in [-0.2, -0.15) is 0 Å². The van der Waals surface area contributed by atoms with E-state index in [0.29, 0.717) is 25.9 Å². The summed E-state index contributed by atoms with van der Waals surface area (Å²) in [5.74, 6) is -0.712. The predicted octanol–water partition coefficient (Wildman–Crippen LogP) is 0.477. The van der Waals surface area contributed by atoms with Gasteiger partial charge in [0.1, 0.15) is 5.60 Å². The fourth-order valence-corrected chi connectivity index (χ4v) is 3.28. The number of rotatable bonds is 2. The van der Waals surface area contributed by atoms with E-state index in [0.717, 1.165) is 0 Å². The zero-order chi connectivity index (χ0) is 13.6. The second-order valence-electron chi connectivity index (χ2n) is 5.79. The summed E-state index contributed by atoms with van der Waals surface area (Å²) in [4.78, 5) is 25.9. The van der Waals surface area contributed by atoms with E-state index in [1.165, 1.54) is 4.90 Å². The molecule has 5 heteroatoms. The van der Waals surface area contributed by atoms with Gasteiger partial charge in [-0.25, -0.2) is 0 Å². The largest absolute Gasteiger partial charge is 0.385 e. The molecule has 0 aromatic rings. The first-order valence-corrected chi connectivity index (χ1v) is 6.87. The van der Waals surface area contributed by atoms with Gasteiger partial charge in [0.05, 0.1) is 24.5 Å². The summed E-state index contributed by atoms with van der Waals surface area (Å²) in [6.45, 7) is 2.33. The number of β-amino-alcohol motifs (C(OH)–C–C–N with tert-alkyl or cyclic N) is 1. The van der Waals surface area contributed by atoms with Gasteiger partial charge in [0.2, 0.25) is 11.8 Å². The Labute approximate surface area is 112 Å². The molecule has 1 aliphatic carbocycles. The summed E-state index contributed by atoms with van der Waals surface area (Å²) in [6, 6.07) is 0. The molecule has 0 radical (unpaired) electrons. The monoisotopic (exact) mass is 265 g/mol. The minimum Gasteiger partial charge on any atom is -0.385 e. The summed E-state index contributed by atoms with van der Waals surface area (Å²) >= 11 is 0. The highest BCUT2D eigenvalue weighted by Crippen LogP contribution is 2.37. The Morgan fingerprint density at radius 3 is 2.37 bits per heavy atom. The third kappa shape index (κ3) is 1.92. The lowest BCUT2D eigenvalue weighted by Gasteiger charge is -2.30. The Kier molecular flexibility index (Phi) is 2.98. The van der Waals surface area contributed by atoms with E-state index in [1.807, 2.05) is 12.2 Å². The third-order valence-electron chi connectivity index (χ3n) is 4.69. The average molecular weight is 265 g/mol. The average Bonchev–Trinajstić information content (AvgIpc) is 2.85. The van der Waals surface area contributed by atoms with Gasteiger partial charge in [-0.05, 0) is 19.8 Å². The van der Waals surface area contributed by atoms with E-state index in [4.69, 9.17) is 4.74 Å². The number of nitrogens with zero attached hydrogens (tertiary/aromatic N) is 1. The summed E-state index contributed by atoms with van der Waals surface area (Å²) < 4.78 is 5.36. The number of fused-ring (bicyclic) bond motifs is 1. The van der Waals surface area contributed by atoms with Gasteiger partial charge in [0.25, 0.3) is 0 Å². The van der Waals surface area contributed by atoms with Gasteiger partial charge in [-0.1, -0.05) is 12.2 Å². The molecule has 0 saturated carbocycles. The smallest absolute Gasteiger partial charge is 0.233 e. The molecule has 4 unspecified atom stereocenters. The highest BCUT2D eigenvalue weighted by atomic mass is 16.5. The van der Waals surface area contributed by atoms with Gasteiger partial charge in [-0.3, -0.25) is 14.5 Å². The Hall–Kier alpha value is -1.20. The molecule has 4 atom stereocenters. The van der Waals surface area contributed by atoms with Gasteiger partial charge in [-0.15, -0.1) is 0 Å². The molecule has 0 spiro atoms. The van der Waals surface area contributed by atoms with Gasteiger partial charge in [0.15, 0.2) is 0 Å². The van der Waals surface area contributed by atoms with Crippen molar-refractivity contribution in [1.29, 1.82) is 0 Å². The Balaban J connectivity index is 1.79. The molecule has 3 rings (SSSR count). The third-order valence-corrected chi connectivity index (χ3v) is 4.69. The van der Waals surface area contributed by atoms with Crippen LogP contribution in [-0.4, -0.2) is 46.7 Å². The van der Waals surface area contributed by atoms with Crippen molar-refractivity contribution in [3.8, 4) is 0 Å². The Bertz CT molecular complexity index is 421. The van der Waals surface area contributed by atoms with E-state index >= 15 is 0 Å². The number of aliphatic hydroxyl groups is 1. The number of hydrogen-bond donors (Lipinski definition) is 1. The molecule has 5 nitrogen and oxygen atoms in total. The van der Waals surface area contributed by atoms with E-state index in [1.54, 1.807) is 6.92 Å². The lowest BCUT2D eigenvalue weighted by atomic mass is 9.85. The Morgan fingerprint density at radius 1 is 1.32 bits per heavy atom. The molecule has 2 amide bonds. The van der Waals surface area contributed by atoms with Crippen molar-refractivity contribution < 1.29 is 19.4 Å². The van der Waals surface area contributed by atoms with Gasteiger partial charge >= 0.3 is 0 Å². The number of likely N-dealkylation sites (tertiary alicyclic amines) is 1. The molecule has 2 heterocycles. The van der Waals surface area contributed by atoms with Crippen LogP contribution < -0.4 is 0 Å². The fourth-order valence-electron chi connectivity index (χ4n) is 3.28. The van der Waals surface area contributed by atoms with Crippen LogP contribution in [0.25, 0.3) is 0 Å². The molecule has 0 bridgehead atoms. The van der Waals surface area contributed by atoms with Crippen LogP contribution in [0.3, 0.4) is 0 Å². The number of imide groups is 1. The standard InChI is InChI=1S/C14H19NO4/c1-9-14(18,6-7-19-9)8-15-12(16)10-4-2-3-5-11(10)13(15)17/h2-3,9-11,18H,4-8H2,1H3. The van der Waals surface area contributed by atoms with Crippen LogP contribution in [0.4, 0.5) is 0 Å². The topological polar surface area (TPSA) is 66.8 Å². The maximum Gasteiger partial charge on any atom is 0.233 e. The fraction of sp³-hybridized carbons (Fsp3) is 0.714. The predicted molar refractivity (Wildman–Crippen MR) is 67.1 cm³/mol. The van der Waals surface area contributed by atoms with E-state index in [-0.39, 0.29) is 36.3 Å². The van der Waals surface area contributed by atoms with E-state index in [9.17, 15) is 14.7 Å². The van der Waals surface area contributed by atoms with Crippen molar-refractivity contribution in [3.05, 3.63) is 12.2 Å². The molecule has 1 N–H and O–H groups in total. The lowest BCUT2D eigenvalue weighted by Crippen LogP contribution is -2.49. The van der Waals surface area contributed by atoms with Gasteiger partial charge < -0.3 is 9.84 Å². The first kappa shape index (κ1) is 12.8. The zero-order valence-electron chi connectivity index (χ0n) is 11.0. The van der Waals surface area contributed by atoms with E-state index in [2.05, 4.69) is 0 Å². The number of ether oxygens (including phenoxy) is 1. The van der Waals surface area contributed by atoms with Crippen molar-refractivity contribution in [3.63, 3.8) is 0 Å². The normalized spacial score (nSPS) is 42.0. The first-order chi connectivity index (χ1) is 9.03. The molecule has 2 fully saturated rings. The molecule has 0 aromatic heterocycles. The van der Waals surface area contributed by atoms with Gasteiger partial charge in [0, 0.05) is 13.0 Å². The van der Waals surface area contributed by atoms with Crippen LogP contribution in [0, 0.1) is 11.8 Å². The number of carbonyl (C=O) groups is 2. The van der Waals surface area contributed by atoms with Crippen LogP contribution in [0.2, 0.25) is 0 Å². The van der Waals surface area contributed by atoms with Crippen LogP contribution >= 0.6 is 0 Å². The molecule has 2 saturated heterocycles. The second-order valence-corrected chi connectivity index (χ2v) is 5.79. The number of carbonyl (C=O) groups excluding carboxylic acids is 2. The van der Waals surface area contributed by atoms with Crippen LogP contribution in [0.15, 0.2) is 12.2 Å². The van der Waals surface area contributed by atoms with Crippen LogP contribution in [0.1, 0.15) is 26.2 Å². The Morgan fingerprint density at radius 2 is 1.89 bits per heavy atom. The molecular weight excluding hydrogens is 246 g/mol. The highest BCUT2D eigenvalue weighted by molar-refractivity contribution is 6.05. The summed E-state index contributed by atoms with van der Waals surface area (Å²) in [6.07, 6.45) is 5.33. The zero-order valence-corrected chi connectivity index (χ0v) is 11.0. The minimum absolute atomic E-state index is 0.0683. The number of hydrogen-bond acceptors (Lipinski definition) is 4. The SMILES string of the molecule is CC1OCCC1(O)CN1C(=O)C2CC=CCC2C1=O. The molecular formula is C14H19NO4. The summed E-state index contributed by atoms with van der Waals surface area (Å²) in [7, 11) is 0. The van der Waals surface area contributed by atoms with Crippen LogP contribution in [0.5, 0.6) is 0 Å². The molecule has 104 valence electrons. The summed E-state index contributed by atoms with van der Waals surface area (Å²) in [5, 5.41) is 10.5. The number of allylic oxidation sites excluding steroid dienone is 2. The maximum absolute atomic E-state index is 12.3. The molecule has 2 aliphatic heterocycles. The van der Waals surface area contributed by atoms with Crippen molar-refractivity contribution in [2.75, 3.05) is 13.2 Å². The number of amides is 2. The van der Waals surface area contributed by atoms with Crippen molar-refractivity contribution in [1.82, 2.24) is 4.90 Å². The molecule has 0 aromatic carbocycles. The second kappa shape index (κ2) is 4.42. The highest BCUT2D eigenvalue weighted by Gasteiger charge is 2.51. The van der Waals surface area contributed by atoms with Crippen LogP contribution in [-0.2, 0) is 14.3 Å².